The Balaban J connectivity index is 2.52. The number of hydrogen-bond acceptors (Lipinski definition) is 5. The van der Waals surface area contributed by atoms with Crippen LogP contribution in [0, 0.1) is 0 Å². The molecule has 0 saturated heterocycles. The minimum atomic E-state index is -2.25. The predicted molar refractivity (Wildman–Crippen MR) is 88.1 cm³/mol. The standard InChI is InChI=1S/C16H25BNO4/c1-11(2)20-17(21-12(3)4,22-13(5)6)16-18-14-9-7-8-10-15(14)19-16/h7-13H,1-6H3/q-1. The van der Waals surface area contributed by atoms with Crippen molar-refractivity contribution in [2.75, 3.05) is 0 Å². The van der Waals surface area contributed by atoms with Crippen molar-refractivity contribution in [2.24, 2.45) is 0 Å². The van der Waals surface area contributed by atoms with Gasteiger partial charge in [-0.15, -0.1) is 0 Å². The molecule has 122 valence electrons. The van der Waals surface area contributed by atoms with Crippen molar-refractivity contribution in [1.82, 2.24) is 4.98 Å². The molecule has 1 aromatic heterocycles. The first kappa shape index (κ1) is 17.0. The third-order valence-electron chi connectivity index (χ3n) is 2.97. The molecule has 1 aromatic carbocycles. The summed E-state index contributed by atoms with van der Waals surface area (Å²) in [5.74, 6) is 0.345. The van der Waals surface area contributed by atoms with Crippen molar-refractivity contribution in [1.29, 1.82) is 0 Å². The molecule has 0 radical (unpaired) electrons. The van der Waals surface area contributed by atoms with E-state index in [1.54, 1.807) is 0 Å². The summed E-state index contributed by atoms with van der Waals surface area (Å²) in [5.41, 5.74) is 1.45. The summed E-state index contributed by atoms with van der Waals surface area (Å²) < 4.78 is 24.0. The van der Waals surface area contributed by atoms with E-state index in [1.807, 2.05) is 65.8 Å². The van der Waals surface area contributed by atoms with E-state index in [9.17, 15) is 0 Å². The van der Waals surface area contributed by atoms with E-state index >= 15 is 0 Å². The van der Waals surface area contributed by atoms with Crippen molar-refractivity contribution in [3.8, 4) is 0 Å². The third kappa shape index (κ3) is 3.88. The molecule has 0 unspecified atom stereocenters. The van der Waals surface area contributed by atoms with E-state index < -0.39 is 6.75 Å². The number of oxazole rings is 1. The normalized spacial score (nSPS) is 13.0. The summed E-state index contributed by atoms with van der Waals surface area (Å²) in [6, 6.07) is 7.58. The molecule has 0 aliphatic carbocycles. The smallest absolute Gasteiger partial charge is 0.464 e. The summed E-state index contributed by atoms with van der Waals surface area (Å²) in [6.07, 6.45) is -0.271. The maximum atomic E-state index is 6.04. The van der Waals surface area contributed by atoms with Crippen LogP contribution in [0.4, 0.5) is 0 Å². The van der Waals surface area contributed by atoms with Gasteiger partial charge in [0.25, 0.3) is 0 Å². The molecule has 6 heteroatoms. The third-order valence-corrected chi connectivity index (χ3v) is 2.97. The molecule has 5 nitrogen and oxygen atoms in total. The van der Waals surface area contributed by atoms with Crippen molar-refractivity contribution in [2.45, 2.75) is 59.9 Å². The van der Waals surface area contributed by atoms with Crippen LogP contribution in [0.2, 0.25) is 0 Å². The fraction of sp³-hybridized carbons (Fsp3) is 0.562. The predicted octanol–water partition coefficient (Wildman–Crippen LogP) is 3.25. The number of nitrogens with zero attached hydrogens (tertiary/aromatic N) is 1. The van der Waals surface area contributed by atoms with Gasteiger partial charge in [-0.2, -0.15) is 0 Å². The van der Waals surface area contributed by atoms with Gasteiger partial charge < -0.3 is 18.4 Å². The average molecular weight is 306 g/mol. The second kappa shape index (κ2) is 6.81. The zero-order valence-electron chi connectivity index (χ0n) is 14.2. The molecule has 0 fully saturated rings. The first-order chi connectivity index (χ1) is 10.3. The van der Waals surface area contributed by atoms with Gasteiger partial charge in [0.1, 0.15) is 16.9 Å². The lowest BCUT2D eigenvalue weighted by Crippen LogP contribution is -2.60. The monoisotopic (exact) mass is 306 g/mol. The van der Waals surface area contributed by atoms with Crippen LogP contribution in [0.25, 0.3) is 11.1 Å². The largest absolute Gasteiger partial charge is 0.536 e. The molecular weight excluding hydrogens is 281 g/mol. The molecule has 0 spiro atoms. The maximum Gasteiger partial charge on any atom is 0.464 e. The Kier molecular flexibility index (Phi) is 5.26. The van der Waals surface area contributed by atoms with Gasteiger partial charge in [0.2, 0.25) is 0 Å². The van der Waals surface area contributed by atoms with Gasteiger partial charge in [0, 0.05) is 18.3 Å². The highest BCUT2D eigenvalue weighted by atomic mass is 16.8. The van der Waals surface area contributed by atoms with Gasteiger partial charge in [0.05, 0.1) is 0 Å². The van der Waals surface area contributed by atoms with E-state index in [4.69, 9.17) is 18.4 Å². The number of benzene rings is 1. The summed E-state index contributed by atoms with van der Waals surface area (Å²) in [5, 5.41) is 0. The molecular formula is C16H25BNO4-. The fourth-order valence-electron chi connectivity index (χ4n) is 2.39. The van der Waals surface area contributed by atoms with Crippen molar-refractivity contribution in [3.63, 3.8) is 0 Å². The van der Waals surface area contributed by atoms with Gasteiger partial charge in [-0.05, 0) is 53.7 Å². The minimum absolute atomic E-state index is 0.0903. The first-order valence-corrected chi connectivity index (χ1v) is 7.85. The number of aromatic nitrogens is 1. The SMILES string of the molecule is CC(C)O[B-](OC(C)C)(OC(C)C)c1nc2ccccc2o1. The number of para-hydroxylation sites is 2. The Bertz CT molecular complexity index is 549. The van der Waals surface area contributed by atoms with Gasteiger partial charge in [-0.1, -0.05) is 12.1 Å². The van der Waals surface area contributed by atoms with E-state index in [2.05, 4.69) is 4.98 Å². The van der Waals surface area contributed by atoms with Crippen molar-refractivity contribution >= 4 is 23.6 Å². The molecule has 0 N–H and O–H groups in total. The molecule has 2 aromatic rings. The summed E-state index contributed by atoms with van der Waals surface area (Å²) in [7, 11) is 0. The molecule has 0 amide bonds. The summed E-state index contributed by atoms with van der Waals surface area (Å²) in [4.78, 5) is 4.53. The quantitative estimate of drug-likeness (QED) is 0.735. The molecule has 0 aliphatic rings. The molecule has 22 heavy (non-hydrogen) atoms. The highest BCUT2D eigenvalue weighted by molar-refractivity contribution is 6.73. The molecule has 1 heterocycles. The van der Waals surface area contributed by atoms with Crippen LogP contribution < -0.4 is 5.79 Å². The van der Waals surface area contributed by atoms with Crippen molar-refractivity contribution < 1.29 is 18.4 Å². The van der Waals surface area contributed by atoms with Gasteiger partial charge in [-0.3, -0.25) is 0 Å². The summed E-state index contributed by atoms with van der Waals surface area (Å²) >= 11 is 0. The second-order valence-corrected chi connectivity index (χ2v) is 6.22. The molecule has 0 saturated carbocycles. The highest BCUT2D eigenvalue weighted by Gasteiger charge is 2.40. The van der Waals surface area contributed by atoms with E-state index in [-0.39, 0.29) is 18.3 Å². The molecule has 0 atom stereocenters. The topological polar surface area (TPSA) is 53.7 Å². The Labute approximate surface area is 132 Å². The first-order valence-electron chi connectivity index (χ1n) is 7.85. The summed E-state index contributed by atoms with van der Waals surface area (Å²) in [6.45, 7) is 9.38. The van der Waals surface area contributed by atoms with Crippen LogP contribution in [0.3, 0.4) is 0 Å². The lowest BCUT2D eigenvalue weighted by atomic mass is 9.76. The number of fused-ring (bicyclic) bond motifs is 1. The van der Waals surface area contributed by atoms with Crippen molar-refractivity contribution in [3.05, 3.63) is 24.3 Å². The Morgan fingerprint density at radius 2 is 1.36 bits per heavy atom. The number of rotatable bonds is 7. The zero-order chi connectivity index (χ0) is 16.3. The van der Waals surface area contributed by atoms with Crippen LogP contribution in [-0.4, -0.2) is 30.1 Å². The van der Waals surface area contributed by atoms with E-state index in [0.717, 1.165) is 5.52 Å². The highest BCUT2D eigenvalue weighted by Crippen LogP contribution is 2.20. The Morgan fingerprint density at radius 1 is 0.864 bits per heavy atom. The lowest BCUT2D eigenvalue weighted by molar-refractivity contribution is 0.0113. The zero-order valence-corrected chi connectivity index (χ0v) is 14.2. The van der Waals surface area contributed by atoms with Crippen LogP contribution in [0.5, 0.6) is 0 Å². The Hall–Kier alpha value is -1.37. The van der Waals surface area contributed by atoms with E-state index in [0.29, 0.717) is 11.4 Å². The van der Waals surface area contributed by atoms with Crippen LogP contribution in [0.15, 0.2) is 28.7 Å². The fourth-order valence-corrected chi connectivity index (χ4v) is 2.39. The maximum absolute atomic E-state index is 6.04. The average Bonchev–Trinajstić information content (AvgIpc) is 2.80. The van der Waals surface area contributed by atoms with Gasteiger partial charge >= 0.3 is 6.75 Å². The van der Waals surface area contributed by atoms with Crippen LogP contribution in [-0.2, 0) is 14.0 Å². The lowest BCUT2D eigenvalue weighted by Gasteiger charge is -2.43. The van der Waals surface area contributed by atoms with Crippen LogP contribution >= 0.6 is 0 Å². The second-order valence-electron chi connectivity index (χ2n) is 6.22. The molecule has 0 aliphatic heterocycles. The minimum Gasteiger partial charge on any atom is -0.536 e. The van der Waals surface area contributed by atoms with Crippen LogP contribution in [0.1, 0.15) is 41.5 Å². The van der Waals surface area contributed by atoms with Gasteiger partial charge in [0.15, 0.2) is 0 Å². The number of hydrogen-bond donors (Lipinski definition) is 0. The van der Waals surface area contributed by atoms with Gasteiger partial charge in [-0.25, -0.2) is 4.98 Å². The Morgan fingerprint density at radius 3 is 1.82 bits per heavy atom. The molecule has 2 rings (SSSR count). The van der Waals surface area contributed by atoms with E-state index in [1.165, 1.54) is 0 Å². The molecule has 0 bridgehead atoms.